The van der Waals surface area contributed by atoms with Crippen molar-refractivity contribution in [1.29, 1.82) is 0 Å². The highest BCUT2D eigenvalue weighted by molar-refractivity contribution is 6.30. The first kappa shape index (κ1) is 24.1. The minimum absolute atomic E-state index is 0.0958. The van der Waals surface area contributed by atoms with Crippen molar-refractivity contribution in [2.75, 3.05) is 31.1 Å². The van der Waals surface area contributed by atoms with Gasteiger partial charge in [-0.25, -0.2) is 4.79 Å². The number of halogens is 1. The van der Waals surface area contributed by atoms with Crippen molar-refractivity contribution in [3.63, 3.8) is 0 Å². The Bertz CT molecular complexity index is 1040. The normalized spacial score (nSPS) is 14.5. The van der Waals surface area contributed by atoms with Crippen molar-refractivity contribution in [2.24, 2.45) is 5.92 Å². The van der Waals surface area contributed by atoms with Crippen LogP contribution in [0.3, 0.4) is 0 Å². The number of nitrogens with zero attached hydrogens (tertiary/aromatic N) is 3. The first-order chi connectivity index (χ1) is 16.6. The van der Waals surface area contributed by atoms with Gasteiger partial charge < -0.3 is 9.64 Å². The van der Waals surface area contributed by atoms with E-state index in [-0.39, 0.29) is 6.03 Å². The lowest BCUT2D eigenvalue weighted by Gasteiger charge is -2.22. The average molecular weight is 478 g/mol. The van der Waals surface area contributed by atoms with Gasteiger partial charge in [0.25, 0.3) is 0 Å². The number of ether oxygens (including phenoxy) is 1. The van der Waals surface area contributed by atoms with Crippen molar-refractivity contribution < 1.29 is 9.53 Å². The van der Waals surface area contributed by atoms with Crippen molar-refractivity contribution in [1.82, 2.24) is 9.88 Å². The smallest absolute Gasteiger partial charge is 0.324 e. The van der Waals surface area contributed by atoms with Crippen LogP contribution in [0, 0.1) is 5.92 Å². The minimum atomic E-state index is 0.0958. The molecule has 3 aromatic rings. The molecule has 0 N–H and O–H groups in total. The summed E-state index contributed by atoms with van der Waals surface area (Å²) in [6.45, 7) is 5.20. The third-order valence-corrected chi connectivity index (χ3v) is 6.65. The van der Waals surface area contributed by atoms with Crippen LogP contribution in [0.2, 0.25) is 5.02 Å². The second-order valence-electron chi connectivity index (χ2n) is 8.74. The molecule has 2 amide bonds. The van der Waals surface area contributed by atoms with Gasteiger partial charge in [0, 0.05) is 42.7 Å². The first-order valence-corrected chi connectivity index (χ1v) is 12.5. The number of rotatable bonds is 11. The van der Waals surface area contributed by atoms with Crippen LogP contribution in [0.4, 0.5) is 10.5 Å². The monoisotopic (exact) mass is 477 g/mol. The van der Waals surface area contributed by atoms with E-state index in [1.165, 1.54) is 0 Å². The van der Waals surface area contributed by atoms with Gasteiger partial charge in [0.05, 0.1) is 6.61 Å². The number of carbonyl (C=O) groups is 1. The Balaban J connectivity index is 1.24. The second kappa shape index (κ2) is 11.9. The number of benzene rings is 2. The maximum Gasteiger partial charge on any atom is 0.324 e. The molecular weight excluding hydrogens is 446 g/mol. The molecule has 178 valence electrons. The Kier molecular flexibility index (Phi) is 8.42. The molecule has 1 aliphatic heterocycles. The lowest BCUT2D eigenvalue weighted by Crippen LogP contribution is -2.33. The molecule has 2 heterocycles. The molecule has 0 saturated carbocycles. The molecule has 0 radical (unpaired) electrons. The Labute approximate surface area is 207 Å². The van der Waals surface area contributed by atoms with E-state index >= 15 is 0 Å². The van der Waals surface area contributed by atoms with Gasteiger partial charge in [0.15, 0.2) is 0 Å². The van der Waals surface area contributed by atoms with E-state index in [1.807, 2.05) is 58.3 Å². The highest BCUT2D eigenvalue weighted by Gasteiger charge is 2.29. The maximum atomic E-state index is 12.8. The Hall–Kier alpha value is -3.05. The van der Waals surface area contributed by atoms with Crippen LogP contribution in [0.1, 0.15) is 32.6 Å². The van der Waals surface area contributed by atoms with Gasteiger partial charge in [0.2, 0.25) is 0 Å². The molecule has 1 saturated heterocycles. The van der Waals surface area contributed by atoms with Gasteiger partial charge >= 0.3 is 6.03 Å². The maximum absolute atomic E-state index is 12.8. The van der Waals surface area contributed by atoms with Crippen LogP contribution < -0.4 is 9.64 Å². The molecule has 0 bridgehead atoms. The average Bonchev–Trinajstić information content (AvgIpc) is 3.24. The summed E-state index contributed by atoms with van der Waals surface area (Å²) in [5, 5.41) is 0.741. The van der Waals surface area contributed by atoms with E-state index in [0.717, 1.165) is 72.9 Å². The van der Waals surface area contributed by atoms with Gasteiger partial charge in [-0.1, -0.05) is 55.6 Å². The van der Waals surface area contributed by atoms with Crippen molar-refractivity contribution in [3.05, 3.63) is 78.1 Å². The molecule has 4 rings (SSSR count). The number of urea groups is 1. The predicted molar refractivity (Wildman–Crippen MR) is 139 cm³/mol. The molecule has 0 spiro atoms. The van der Waals surface area contributed by atoms with E-state index < -0.39 is 0 Å². The van der Waals surface area contributed by atoms with Crippen LogP contribution in [-0.4, -0.2) is 42.2 Å². The summed E-state index contributed by atoms with van der Waals surface area (Å²) < 4.78 is 6.04. The van der Waals surface area contributed by atoms with E-state index in [9.17, 15) is 4.79 Å². The summed E-state index contributed by atoms with van der Waals surface area (Å²) >= 11 is 5.98. The molecule has 1 fully saturated rings. The molecule has 1 unspecified atom stereocenters. The highest BCUT2D eigenvalue weighted by Crippen LogP contribution is 2.25. The Morgan fingerprint density at radius 2 is 1.59 bits per heavy atom. The SMILES string of the molecule is CCCC(CCOc1ccc(-c2ccc(Cl)cc2)cc1)CCN1CCN(c2ccncc2)C1=O. The van der Waals surface area contributed by atoms with Gasteiger partial charge in [-0.2, -0.15) is 0 Å². The lowest BCUT2D eigenvalue weighted by molar-refractivity contribution is 0.211. The second-order valence-corrected chi connectivity index (χ2v) is 9.17. The zero-order chi connectivity index (χ0) is 23.8. The highest BCUT2D eigenvalue weighted by atomic mass is 35.5. The molecule has 6 heteroatoms. The van der Waals surface area contributed by atoms with Gasteiger partial charge in [0.1, 0.15) is 5.75 Å². The topological polar surface area (TPSA) is 45.7 Å². The van der Waals surface area contributed by atoms with Crippen LogP contribution in [-0.2, 0) is 0 Å². The predicted octanol–water partition coefficient (Wildman–Crippen LogP) is 6.92. The van der Waals surface area contributed by atoms with Crippen molar-refractivity contribution in [2.45, 2.75) is 32.6 Å². The molecular formula is C28H32ClN3O2. The standard InChI is InChI=1S/C28H32ClN3O2/c1-2-3-22(14-18-31-19-20-32(28(31)33)26-12-16-30-17-13-26)15-21-34-27-10-6-24(7-11-27)23-4-8-25(29)9-5-23/h4-13,16-17,22H,2-3,14-15,18-21H2,1H3. The van der Waals surface area contributed by atoms with Crippen molar-refractivity contribution in [3.8, 4) is 16.9 Å². The third-order valence-electron chi connectivity index (χ3n) is 6.40. The molecule has 2 aromatic carbocycles. The number of hydrogen-bond acceptors (Lipinski definition) is 3. The summed E-state index contributed by atoms with van der Waals surface area (Å²) in [7, 11) is 0. The molecule has 1 atom stereocenters. The van der Waals surface area contributed by atoms with Gasteiger partial charge in [-0.05, 0) is 66.3 Å². The molecule has 1 aromatic heterocycles. The number of pyridine rings is 1. The quantitative estimate of drug-likeness (QED) is 0.301. The summed E-state index contributed by atoms with van der Waals surface area (Å²) in [6.07, 6.45) is 7.74. The number of aromatic nitrogens is 1. The largest absolute Gasteiger partial charge is 0.494 e. The zero-order valence-electron chi connectivity index (χ0n) is 19.7. The van der Waals surface area contributed by atoms with Crippen LogP contribution in [0.25, 0.3) is 11.1 Å². The molecule has 34 heavy (non-hydrogen) atoms. The van der Waals surface area contributed by atoms with E-state index in [0.29, 0.717) is 12.5 Å². The molecule has 1 aliphatic rings. The van der Waals surface area contributed by atoms with Crippen LogP contribution >= 0.6 is 11.6 Å². The molecule has 0 aliphatic carbocycles. The number of anilines is 1. The lowest BCUT2D eigenvalue weighted by atomic mass is 9.96. The minimum Gasteiger partial charge on any atom is -0.494 e. The number of amides is 2. The van der Waals surface area contributed by atoms with Crippen LogP contribution in [0.5, 0.6) is 5.75 Å². The number of carbonyl (C=O) groups excluding carboxylic acids is 1. The van der Waals surface area contributed by atoms with Crippen LogP contribution in [0.15, 0.2) is 73.1 Å². The summed E-state index contributed by atoms with van der Waals surface area (Å²) in [5.41, 5.74) is 3.20. The fourth-order valence-electron chi connectivity index (χ4n) is 4.46. The molecule has 5 nitrogen and oxygen atoms in total. The van der Waals surface area contributed by atoms with Gasteiger partial charge in [-0.15, -0.1) is 0 Å². The first-order valence-electron chi connectivity index (χ1n) is 12.1. The summed E-state index contributed by atoms with van der Waals surface area (Å²) in [5.74, 6) is 1.43. The fourth-order valence-corrected chi connectivity index (χ4v) is 4.59. The zero-order valence-corrected chi connectivity index (χ0v) is 20.5. The van der Waals surface area contributed by atoms with E-state index in [1.54, 1.807) is 12.4 Å². The Morgan fingerprint density at radius 3 is 2.26 bits per heavy atom. The van der Waals surface area contributed by atoms with E-state index in [4.69, 9.17) is 16.3 Å². The Morgan fingerprint density at radius 1 is 0.912 bits per heavy atom. The fraction of sp³-hybridized carbons (Fsp3) is 0.357. The summed E-state index contributed by atoms with van der Waals surface area (Å²) in [4.78, 5) is 20.7. The van der Waals surface area contributed by atoms with E-state index in [2.05, 4.69) is 24.0 Å². The summed E-state index contributed by atoms with van der Waals surface area (Å²) in [6, 6.07) is 19.9. The van der Waals surface area contributed by atoms with Gasteiger partial charge in [-0.3, -0.25) is 9.88 Å². The number of hydrogen-bond donors (Lipinski definition) is 0. The third kappa shape index (κ3) is 6.29. The van der Waals surface area contributed by atoms with Crippen molar-refractivity contribution >= 4 is 23.3 Å².